The van der Waals surface area contributed by atoms with E-state index in [1.54, 1.807) is 9.80 Å². The number of aromatic nitrogens is 2. The molecule has 9 nitrogen and oxygen atoms in total. The average Bonchev–Trinajstić information content (AvgIpc) is 3.05. The normalized spacial score (nSPS) is 14.3. The predicted molar refractivity (Wildman–Crippen MR) is 112 cm³/mol. The summed E-state index contributed by atoms with van der Waals surface area (Å²) in [4.78, 5) is 28.5. The Kier molecular flexibility index (Phi) is 5.60. The molecule has 0 bridgehead atoms. The molecule has 3 amide bonds. The molecule has 30 heavy (non-hydrogen) atoms. The zero-order valence-electron chi connectivity index (χ0n) is 16.3. The molecule has 4 rings (SSSR count). The number of amides is 3. The van der Waals surface area contributed by atoms with E-state index in [1.165, 1.54) is 0 Å². The van der Waals surface area contributed by atoms with Crippen LogP contribution in [0.2, 0.25) is 0 Å². The summed E-state index contributed by atoms with van der Waals surface area (Å²) in [5.74, 6) is -0.370. The lowest BCUT2D eigenvalue weighted by Crippen LogP contribution is -2.39. The van der Waals surface area contributed by atoms with E-state index in [9.17, 15) is 9.59 Å². The van der Waals surface area contributed by atoms with Gasteiger partial charge in [-0.05, 0) is 40.0 Å². The number of urea groups is 1. The molecule has 3 aromatic rings. The molecule has 0 aliphatic carbocycles. The maximum atomic E-state index is 12.7. The summed E-state index contributed by atoms with van der Waals surface area (Å²) in [6.45, 7) is 1.83. The molecule has 1 aliphatic rings. The highest BCUT2D eigenvalue weighted by atomic mass is 16.6. The Morgan fingerprint density at radius 3 is 2.23 bits per heavy atom. The molecule has 2 aromatic carbocycles. The summed E-state index contributed by atoms with van der Waals surface area (Å²) in [5.41, 5.74) is 8.54. The number of nitrogen functional groups attached to an aromatic ring is 1. The van der Waals surface area contributed by atoms with Crippen LogP contribution in [0.3, 0.4) is 0 Å². The van der Waals surface area contributed by atoms with Gasteiger partial charge in [-0.1, -0.05) is 42.5 Å². The number of benzene rings is 2. The van der Waals surface area contributed by atoms with Crippen molar-refractivity contribution in [1.29, 1.82) is 0 Å². The summed E-state index contributed by atoms with van der Waals surface area (Å²) in [7, 11) is 0. The zero-order valence-corrected chi connectivity index (χ0v) is 16.3. The molecular formula is C21H22N6O3. The van der Waals surface area contributed by atoms with Crippen molar-refractivity contribution in [1.82, 2.24) is 20.1 Å². The van der Waals surface area contributed by atoms with Crippen LogP contribution < -0.4 is 11.1 Å². The van der Waals surface area contributed by atoms with Gasteiger partial charge in [0, 0.05) is 31.9 Å². The molecular weight excluding hydrogens is 384 g/mol. The maximum Gasteiger partial charge on any atom is 0.321 e. The number of carbonyl (C=O) groups excluding carboxylic acids is 2. The molecule has 154 valence electrons. The molecule has 0 radical (unpaired) electrons. The van der Waals surface area contributed by atoms with Gasteiger partial charge in [-0.2, -0.15) is 0 Å². The Balaban J connectivity index is 1.35. The molecule has 0 saturated carbocycles. The predicted octanol–water partition coefficient (Wildman–Crippen LogP) is 2.70. The van der Waals surface area contributed by atoms with Crippen LogP contribution in [0.1, 0.15) is 16.9 Å². The minimum absolute atomic E-state index is 0.00593. The van der Waals surface area contributed by atoms with Gasteiger partial charge in [-0.25, -0.2) is 9.42 Å². The number of hydrogen-bond donors (Lipinski definition) is 2. The minimum atomic E-state index is -0.340. The fourth-order valence-corrected chi connectivity index (χ4v) is 3.40. The standard InChI is InChI=1S/C21H22N6O3/c22-19-18(24-30-25-19)20(28)26-11-4-12-27(14-13-26)21(29)23-17-9-7-16(8-10-17)15-5-2-1-3-6-15/h1-3,5-10H,4,11-14H2,(H2,22,25)(H,23,29). The highest BCUT2D eigenvalue weighted by Crippen LogP contribution is 2.21. The summed E-state index contributed by atoms with van der Waals surface area (Å²) >= 11 is 0. The van der Waals surface area contributed by atoms with E-state index in [0.29, 0.717) is 32.6 Å². The second-order valence-corrected chi connectivity index (χ2v) is 7.00. The molecule has 1 saturated heterocycles. The van der Waals surface area contributed by atoms with E-state index in [1.807, 2.05) is 54.6 Å². The van der Waals surface area contributed by atoms with Crippen LogP contribution in [-0.2, 0) is 0 Å². The summed E-state index contributed by atoms with van der Waals surface area (Å²) in [6, 6.07) is 17.6. The Hall–Kier alpha value is -3.88. The number of nitrogens with one attached hydrogen (secondary N) is 1. The number of rotatable bonds is 3. The number of anilines is 2. The Bertz CT molecular complexity index is 1020. The molecule has 0 atom stereocenters. The monoisotopic (exact) mass is 406 g/mol. The van der Waals surface area contributed by atoms with E-state index in [0.717, 1.165) is 16.8 Å². The largest absolute Gasteiger partial charge is 0.379 e. The van der Waals surface area contributed by atoms with Crippen molar-refractivity contribution in [3.05, 3.63) is 60.3 Å². The molecule has 1 fully saturated rings. The van der Waals surface area contributed by atoms with Crippen molar-refractivity contribution in [3.8, 4) is 11.1 Å². The van der Waals surface area contributed by atoms with E-state index >= 15 is 0 Å². The molecule has 0 spiro atoms. The van der Waals surface area contributed by atoms with E-state index in [4.69, 9.17) is 5.73 Å². The van der Waals surface area contributed by atoms with E-state index in [-0.39, 0.29) is 23.5 Å². The lowest BCUT2D eigenvalue weighted by Gasteiger charge is -2.22. The first-order chi connectivity index (χ1) is 14.6. The third kappa shape index (κ3) is 4.24. The first kappa shape index (κ1) is 19.4. The van der Waals surface area contributed by atoms with Crippen molar-refractivity contribution < 1.29 is 14.2 Å². The molecule has 2 heterocycles. The summed E-state index contributed by atoms with van der Waals surface area (Å²) in [5, 5.41) is 9.93. The summed E-state index contributed by atoms with van der Waals surface area (Å²) < 4.78 is 4.50. The third-order valence-corrected chi connectivity index (χ3v) is 5.03. The molecule has 3 N–H and O–H groups in total. The highest BCUT2D eigenvalue weighted by molar-refractivity contribution is 5.96. The topological polar surface area (TPSA) is 118 Å². The van der Waals surface area contributed by atoms with Gasteiger partial charge in [0.05, 0.1) is 0 Å². The van der Waals surface area contributed by atoms with Gasteiger partial charge in [-0.3, -0.25) is 4.79 Å². The average molecular weight is 406 g/mol. The lowest BCUT2D eigenvalue weighted by molar-refractivity contribution is 0.0752. The van der Waals surface area contributed by atoms with Crippen LogP contribution >= 0.6 is 0 Å². The fraction of sp³-hybridized carbons (Fsp3) is 0.238. The van der Waals surface area contributed by atoms with Crippen LogP contribution in [0.25, 0.3) is 11.1 Å². The maximum absolute atomic E-state index is 12.7. The number of hydrogen-bond acceptors (Lipinski definition) is 6. The third-order valence-electron chi connectivity index (χ3n) is 5.03. The van der Waals surface area contributed by atoms with Gasteiger partial charge in [0.25, 0.3) is 5.91 Å². The SMILES string of the molecule is Nc1nonc1C(=O)N1CCCN(C(=O)Nc2ccc(-c3ccccc3)cc2)CC1. The van der Waals surface area contributed by atoms with Gasteiger partial charge in [0.1, 0.15) is 0 Å². The van der Waals surface area contributed by atoms with E-state index in [2.05, 4.69) is 20.3 Å². The van der Waals surface area contributed by atoms with Gasteiger partial charge < -0.3 is 20.9 Å². The Labute approximate surface area is 173 Å². The smallest absolute Gasteiger partial charge is 0.321 e. The lowest BCUT2D eigenvalue weighted by atomic mass is 10.1. The van der Waals surface area contributed by atoms with Crippen molar-refractivity contribution in [2.45, 2.75) is 6.42 Å². The number of carbonyl (C=O) groups is 2. The molecule has 1 aromatic heterocycles. The molecule has 0 unspecified atom stereocenters. The van der Waals surface area contributed by atoms with Crippen LogP contribution in [0.4, 0.5) is 16.3 Å². The Morgan fingerprint density at radius 1 is 0.867 bits per heavy atom. The highest BCUT2D eigenvalue weighted by Gasteiger charge is 2.26. The van der Waals surface area contributed by atoms with Crippen LogP contribution in [0, 0.1) is 0 Å². The molecule has 1 aliphatic heterocycles. The first-order valence-corrected chi connectivity index (χ1v) is 9.70. The van der Waals surface area contributed by atoms with Gasteiger partial charge >= 0.3 is 6.03 Å². The first-order valence-electron chi connectivity index (χ1n) is 9.70. The Morgan fingerprint density at radius 2 is 1.53 bits per heavy atom. The zero-order chi connectivity index (χ0) is 20.9. The molecule has 9 heteroatoms. The van der Waals surface area contributed by atoms with Crippen molar-refractivity contribution in [2.24, 2.45) is 0 Å². The van der Waals surface area contributed by atoms with Crippen molar-refractivity contribution in [2.75, 3.05) is 37.2 Å². The summed E-state index contributed by atoms with van der Waals surface area (Å²) in [6.07, 6.45) is 0.650. The quantitative estimate of drug-likeness (QED) is 0.691. The van der Waals surface area contributed by atoms with E-state index < -0.39 is 0 Å². The number of nitrogens with zero attached hydrogens (tertiary/aromatic N) is 4. The van der Waals surface area contributed by atoms with Crippen LogP contribution in [0.5, 0.6) is 0 Å². The van der Waals surface area contributed by atoms with Crippen molar-refractivity contribution in [3.63, 3.8) is 0 Å². The van der Waals surface area contributed by atoms with Gasteiger partial charge in [-0.15, -0.1) is 0 Å². The van der Waals surface area contributed by atoms with Crippen molar-refractivity contribution >= 4 is 23.4 Å². The fourth-order valence-electron chi connectivity index (χ4n) is 3.40. The number of nitrogens with two attached hydrogens (primary N) is 1. The second kappa shape index (κ2) is 8.64. The van der Waals surface area contributed by atoms with Gasteiger partial charge in [0.2, 0.25) is 11.5 Å². The van der Waals surface area contributed by atoms with Gasteiger partial charge in [0.15, 0.2) is 0 Å². The van der Waals surface area contributed by atoms with Crippen LogP contribution in [0.15, 0.2) is 59.2 Å². The minimum Gasteiger partial charge on any atom is -0.379 e. The second-order valence-electron chi connectivity index (χ2n) is 7.00. The van der Waals surface area contributed by atoms with Crippen LogP contribution in [-0.4, -0.2) is 58.2 Å².